The number of hydrogen-bond acceptors (Lipinski definition) is 3. The van der Waals surface area contributed by atoms with Crippen molar-refractivity contribution in [3.63, 3.8) is 0 Å². The molecule has 0 radical (unpaired) electrons. The third-order valence-corrected chi connectivity index (χ3v) is 12.3. The third-order valence-electron chi connectivity index (χ3n) is 12.3. The number of allylic oxidation sites excluding steroid dienone is 2. The van der Waals surface area contributed by atoms with Crippen LogP contribution in [0, 0.1) is 45.3 Å². The van der Waals surface area contributed by atoms with Crippen molar-refractivity contribution >= 4 is 11.6 Å². The van der Waals surface area contributed by atoms with E-state index in [1.807, 2.05) is 19.9 Å². The minimum Gasteiger partial charge on any atom is -0.369 e. The van der Waals surface area contributed by atoms with E-state index >= 15 is 0 Å². The van der Waals surface area contributed by atoms with Gasteiger partial charge in [-0.1, -0.05) is 40.2 Å². The predicted octanol–water partition coefficient (Wildman–Crippen LogP) is 6.94. The van der Waals surface area contributed by atoms with Gasteiger partial charge in [-0.15, -0.1) is 0 Å². The van der Waals surface area contributed by atoms with Crippen molar-refractivity contribution in [2.75, 3.05) is 6.61 Å². The summed E-state index contributed by atoms with van der Waals surface area (Å²) in [6.45, 7) is 17.0. The Balaban J connectivity index is 1.43. The van der Waals surface area contributed by atoms with Gasteiger partial charge in [-0.2, -0.15) is 0 Å². The minimum absolute atomic E-state index is 0.179. The van der Waals surface area contributed by atoms with Gasteiger partial charge in [-0.3, -0.25) is 9.59 Å². The first-order valence-electron chi connectivity index (χ1n) is 13.7. The number of hydrogen-bond donors (Lipinski definition) is 0. The molecule has 0 aromatic carbocycles. The number of carbonyl (C=O) groups is 2. The van der Waals surface area contributed by atoms with E-state index in [9.17, 15) is 9.59 Å². The second kappa shape index (κ2) is 7.28. The number of carbonyl (C=O) groups excluding carboxylic acids is 2. The number of ketones is 2. The lowest BCUT2D eigenvalue weighted by molar-refractivity contribution is -0.203. The molecule has 0 N–H and O–H groups in total. The van der Waals surface area contributed by atoms with E-state index in [2.05, 4.69) is 34.6 Å². The van der Waals surface area contributed by atoms with Crippen LogP contribution in [0.5, 0.6) is 0 Å². The molecule has 0 bridgehead atoms. The van der Waals surface area contributed by atoms with Crippen LogP contribution < -0.4 is 0 Å². The molecule has 1 aliphatic heterocycles. The molecule has 184 valence electrons. The molecule has 4 saturated carbocycles. The maximum absolute atomic E-state index is 12.9. The lowest BCUT2D eigenvalue weighted by Crippen LogP contribution is -2.63. The lowest BCUT2D eigenvalue weighted by Gasteiger charge is -2.69. The maximum Gasteiger partial charge on any atom is 0.158 e. The largest absolute Gasteiger partial charge is 0.369 e. The van der Waals surface area contributed by atoms with Gasteiger partial charge in [0.1, 0.15) is 11.4 Å². The summed E-state index contributed by atoms with van der Waals surface area (Å²) in [6.07, 6.45) is 11.7. The number of rotatable bonds is 4. The lowest BCUT2D eigenvalue weighted by atomic mass is 9.35. The van der Waals surface area contributed by atoms with Crippen LogP contribution in [0.1, 0.15) is 106 Å². The topological polar surface area (TPSA) is 46.7 Å². The van der Waals surface area contributed by atoms with Gasteiger partial charge in [-0.25, -0.2) is 0 Å². The Morgan fingerprint density at radius 1 is 0.909 bits per heavy atom. The van der Waals surface area contributed by atoms with Crippen LogP contribution in [0.15, 0.2) is 11.6 Å². The van der Waals surface area contributed by atoms with E-state index in [1.54, 1.807) is 0 Å². The molecule has 3 heteroatoms. The molecule has 33 heavy (non-hydrogen) atoms. The molecule has 1 saturated heterocycles. The van der Waals surface area contributed by atoms with Gasteiger partial charge in [0.05, 0.1) is 6.61 Å². The van der Waals surface area contributed by atoms with Crippen LogP contribution in [-0.2, 0) is 14.3 Å². The highest BCUT2D eigenvalue weighted by atomic mass is 16.6. The molecule has 0 spiro atoms. The number of epoxide rings is 1. The van der Waals surface area contributed by atoms with Gasteiger partial charge in [-0.05, 0) is 105 Å². The Morgan fingerprint density at radius 3 is 2.21 bits per heavy atom. The molecule has 5 aliphatic rings. The van der Waals surface area contributed by atoms with Crippen molar-refractivity contribution in [3.05, 3.63) is 11.6 Å². The van der Waals surface area contributed by atoms with Crippen LogP contribution in [-0.4, -0.2) is 23.8 Å². The Kier molecular flexibility index (Phi) is 5.24. The molecule has 8 atom stereocenters. The highest BCUT2D eigenvalue weighted by Gasteiger charge is 2.71. The van der Waals surface area contributed by atoms with Gasteiger partial charge in [0.15, 0.2) is 5.78 Å². The molecule has 0 aromatic heterocycles. The highest BCUT2D eigenvalue weighted by Crippen LogP contribution is 2.76. The standard InChI is InChI=1S/C30H46O3/c1-19(2)16-20(31)17-30(18-33-30)22-10-14-28(6)21(22)8-9-24-27(5)13-12-25(32)26(3,4)23(27)11-15-29(24,28)7/h16,21-24H,8-15,17-18H2,1-7H3/t21-,22+,23-,24-,27+,28-,29-,30+/m1/s1. The van der Waals surface area contributed by atoms with Crippen molar-refractivity contribution in [3.8, 4) is 0 Å². The molecular weight excluding hydrogens is 408 g/mol. The maximum atomic E-state index is 12.9. The summed E-state index contributed by atoms with van der Waals surface area (Å²) in [5.74, 6) is 3.11. The van der Waals surface area contributed by atoms with Crippen LogP contribution in [0.25, 0.3) is 0 Å². The van der Waals surface area contributed by atoms with Crippen molar-refractivity contribution in [1.29, 1.82) is 0 Å². The molecule has 4 aliphatic carbocycles. The fourth-order valence-corrected chi connectivity index (χ4v) is 10.4. The fourth-order valence-electron chi connectivity index (χ4n) is 10.4. The summed E-state index contributed by atoms with van der Waals surface area (Å²) in [4.78, 5) is 25.6. The van der Waals surface area contributed by atoms with Gasteiger partial charge in [0, 0.05) is 18.3 Å². The number of fused-ring (bicyclic) bond motifs is 5. The average molecular weight is 455 g/mol. The number of Topliss-reactive ketones (excluding diaryl/α,β-unsaturated/α-hetero) is 1. The van der Waals surface area contributed by atoms with Crippen molar-refractivity contribution in [2.45, 2.75) is 112 Å². The van der Waals surface area contributed by atoms with E-state index in [-0.39, 0.29) is 22.2 Å². The summed E-state index contributed by atoms with van der Waals surface area (Å²) in [5, 5.41) is 0. The zero-order valence-electron chi connectivity index (χ0n) is 22.2. The van der Waals surface area contributed by atoms with E-state index < -0.39 is 0 Å². The fraction of sp³-hybridized carbons (Fsp3) is 0.867. The SMILES string of the molecule is CC(C)=CC(=O)C[C@@]1([C@H]2CC[C@]3(C)[C@@H]2CC[C@@H]2[C@@]4(C)CCC(=O)C(C)(C)[C@H]4CC[C@]23C)CO1. The predicted molar refractivity (Wildman–Crippen MR) is 132 cm³/mol. The quantitative estimate of drug-likeness (QED) is 0.341. The molecule has 0 unspecified atom stereocenters. The number of ether oxygens (including phenoxy) is 1. The first kappa shape index (κ1) is 23.8. The Bertz CT molecular complexity index is 890. The van der Waals surface area contributed by atoms with Crippen LogP contribution in [0.3, 0.4) is 0 Å². The minimum atomic E-state index is -0.199. The Morgan fingerprint density at radius 2 is 1.58 bits per heavy atom. The first-order valence-corrected chi connectivity index (χ1v) is 13.7. The van der Waals surface area contributed by atoms with E-state index in [4.69, 9.17) is 4.74 Å². The van der Waals surface area contributed by atoms with Crippen LogP contribution in [0.4, 0.5) is 0 Å². The molecule has 0 amide bonds. The first-order chi connectivity index (χ1) is 15.3. The van der Waals surface area contributed by atoms with Gasteiger partial charge >= 0.3 is 0 Å². The third kappa shape index (κ3) is 3.16. The van der Waals surface area contributed by atoms with Crippen molar-refractivity contribution in [2.24, 2.45) is 45.3 Å². The van der Waals surface area contributed by atoms with E-state index in [0.717, 1.165) is 25.0 Å². The van der Waals surface area contributed by atoms with Crippen LogP contribution in [0.2, 0.25) is 0 Å². The summed E-state index contributed by atoms with van der Waals surface area (Å²) >= 11 is 0. The molecule has 5 fully saturated rings. The zero-order chi connectivity index (χ0) is 24.0. The average Bonchev–Trinajstić information content (AvgIpc) is 3.38. The highest BCUT2D eigenvalue weighted by molar-refractivity contribution is 5.91. The van der Waals surface area contributed by atoms with Crippen molar-refractivity contribution < 1.29 is 14.3 Å². The normalized spacial score (nSPS) is 50.1. The summed E-state index contributed by atoms with van der Waals surface area (Å²) in [7, 11) is 0. The molecule has 1 heterocycles. The Labute approximate surface area is 201 Å². The zero-order valence-corrected chi connectivity index (χ0v) is 22.2. The Hall–Kier alpha value is -0.960. The summed E-state index contributed by atoms with van der Waals surface area (Å²) in [5.41, 5.74) is 1.59. The van der Waals surface area contributed by atoms with Gasteiger partial charge in [0.2, 0.25) is 0 Å². The van der Waals surface area contributed by atoms with Gasteiger partial charge in [0.25, 0.3) is 0 Å². The van der Waals surface area contributed by atoms with Crippen LogP contribution >= 0.6 is 0 Å². The van der Waals surface area contributed by atoms with Crippen molar-refractivity contribution in [1.82, 2.24) is 0 Å². The van der Waals surface area contributed by atoms with E-state index in [0.29, 0.717) is 46.7 Å². The molecular formula is C30H46O3. The van der Waals surface area contributed by atoms with Gasteiger partial charge < -0.3 is 4.74 Å². The summed E-state index contributed by atoms with van der Waals surface area (Å²) in [6, 6.07) is 0. The molecule has 0 aromatic rings. The molecule has 3 nitrogen and oxygen atoms in total. The monoisotopic (exact) mass is 454 g/mol. The smallest absolute Gasteiger partial charge is 0.158 e. The summed E-state index contributed by atoms with van der Waals surface area (Å²) < 4.78 is 6.15. The molecule has 5 rings (SSSR count). The second-order valence-electron chi connectivity index (χ2n) is 14.2. The van der Waals surface area contributed by atoms with E-state index in [1.165, 1.54) is 38.5 Å². The second-order valence-corrected chi connectivity index (χ2v) is 14.2.